The monoisotopic (exact) mass is 491 g/mol. The molecule has 0 aromatic heterocycles. The van der Waals surface area contributed by atoms with Crippen LogP contribution in [0.1, 0.15) is 36.6 Å². The molecule has 0 bridgehead atoms. The average Bonchev–Trinajstić information content (AvgIpc) is 3.17. The van der Waals surface area contributed by atoms with E-state index in [1.165, 1.54) is 4.90 Å². The molecule has 1 aliphatic heterocycles. The number of aliphatic hydroxyl groups excluding tert-OH is 1. The molecule has 1 unspecified atom stereocenters. The van der Waals surface area contributed by atoms with Gasteiger partial charge in [-0.25, -0.2) is 0 Å². The lowest BCUT2D eigenvalue weighted by Gasteiger charge is -2.26. The third-order valence-electron chi connectivity index (χ3n) is 6.52. The molecule has 1 amide bonds. The molecular formula is C32H29NO4. The maximum Gasteiger partial charge on any atom is 0.300 e. The van der Waals surface area contributed by atoms with Crippen LogP contribution in [0.5, 0.6) is 5.75 Å². The molecule has 186 valence electrons. The molecule has 0 aliphatic carbocycles. The van der Waals surface area contributed by atoms with Gasteiger partial charge in [0.05, 0.1) is 18.2 Å². The van der Waals surface area contributed by atoms with Crippen LogP contribution in [0.2, 0.25) is 0 Å². The van der Waals surface area contributed by atoms with Crippen LogP contribution in [0.25, 0.3) is 16.5 Å². The topological polar surface area (TPSA) is 66.8 Å². The van der Waals surface area contributed by atoms with Crippen LogP contribution in [0.4, 0.5) is 5.69 Å². The summed E-state index contributed by atoms with van der Waals surface area (Å²) in [6, 6.07) is 27.4. The lowest BCUT2D eigenvalue weighted by atomic mass is 9.93. The summed E-state index contributed by atoms with van der Waals surface area (Å²) >= 11 is 0. The molecule has 37 heavy (non-hydrogen) atoms. The molecule has 1 fully saturated rings. The van der Waals surface area contributed by atoms with Gasteiger partial charge >= 0.3 is 0 Å². The van der Waals surface area contributed by atoms with E-state index in [-0.39, 0.29) is 11.3 Å². The molecule has 5 heteroatoms. The number of carbonyl (C=O) groups is 2. The highest BCUT2D eigenvalue weighted by Crippen LogP contribution is 2.42. The van der Waals surface area contributed by atoms with E-state index in [2.05, 4.69) is 13.8 Å². The van der Waals surface area contributed by atoms with Gasteiger partial charge in [-0.2, -0.15) is 0 Å². The van der Waals surface area contributed by atoms with Gasteiger partial charge in [-0.3, -0.25) is 14.5 Å². The van der Waals surface area contributed by atoms with Gasteiger partial charge in [-0.1, -0.05) is 80.1 Å². The maximum absolute atomic E-state index is 13.4. The Labute approximate surface area is 216 Å². The van der Waals surface area contributed by atoms with Crippen molar-refractivity contribution >= 4 is 33.9 Å². The number of hydrogen-bond acceptors (Lipinski definition) is 4. The van der Waals surface area contributed by atoms with Gasteiger partial charge in [0.2, 0.25) is 0 Å². The Bertz CT molecular complexity index is 1520. The van der Waals surface area contributed by atoms with Crippen LogP contribution in [0, 0.1) is 12.8 Å². The van der Waals surface area contributed by atoms with E-state index in [1.54, 1.807) is 30.3 Å². The summed E-state index contributed by atoms with van der Waals surface area (Å²) in [5.41, 5.74) is 2.87. The predicted molar refractivity (Wildman–Crippen MR) is 147 cm³/mol. The number of ketones is 1. The Balaban J connectivity index is 1.63. The van der Waals surface area contributed by atoms with E-state index in [0.717, 1.165) is 21.9 Å². The van der Waals surface area contributed by atoms with Crippen molar-refractivity contribution in [1.82, 2.24) is 0 Å². The highest BCUT2D eigenvalue weighted by Gasteiger charge is 2.47. The highest BCUT2D eigenvalue weighted by atomic mass is 16.5. The Hall–Kier alpha value is -4.38. The normalized spacial score (nSPS) is 17.1. The van der Waals surface area contributed by atoms with Crippen molar-refractivity contribution in [1.29, 1.82) is 0 Å². The minimum absolute atomic E-state index is 0.0750. The molecule has 0 spiro atoms. The first-order valence-electron chi connectivity index (χ1n) is 12.4. The van der Waals surface area contributed by atoms with Crippen LogP contribution < -0.4 is 9.64 Å². The number of nitrogens with zero attached hydrogens (tertiary/aromatic N) is 1. The number of aliphatic hydroxyl groups is 1. The largest absolute Gasteiger partial charge is 0.507 e. The zero-order chi connectivity index (χ0) is 26.1. The zero-order valence-electron chi connectivity index (χ0n) is 21.1. The number of ether oxygens (including phenoxy) is 1. The average molecular weight is 492 g/mol. The number of fused-ring (bicyclic) bond motifs is 1. The van der Waals surface area contributed by atoms with Crippen molar-refractivity contribution in [3.05, 3.63) is 113 Å². The van der Waals surface area contributed by atoms with Crippen LogP contribution >= 0.6 is 0 Å². The van der Waals surface area contributed by atoms with Gasteiger partial charge in [-0.05, 0) is 59.5 Å². The Morgan fingerprint density at radius 3 is 2.32 bits per heavy atom. The van der Waals surface area contributed by atoms with Gasteiger partial charge in [-0.15, -0.1) is 0 Å². The number of hydrogen-bond donors (Lipinski definition) is 1. The number of rotatable bonds is 6. The summed E-state index contributed by atoms with van der Waals surface area (Å²) in [5.74, 6) is -0.497. The van der Waals surface area contributed by atoms with Crippen molar-refractivity contribution in [2.45, 2.75) is 26.8 Å². The van der Waals surface area contributed by atoms with Gasteiger partial charge in [0.1, 0.15) is 11.5 Å². The molecular weight excluding hydrogens is 462 g/mol. The molecule has 4 aromatic carbocycles. The summed E-state index contributed by atoms with van der Waals surface area (Å²) < 4.78 is 5.79. The first-order chi connectivity index (χ1) is 17.8. The summed E-state index contributed by atoms with van der Waals surface area (Å²) in [6.07, 6.45) is 0. The quantitative estimate of drug-likeness (QED) is 0.183. The smallest absolute Gasteiger partial charge is 0.300 e. The third-order valence-corrected chi connectivity index (χ3v) is 6.52. The van der Waals surface area contributed by atoms with Crippen molar-refractivity contribution in [3.8, 4) is 5.75 Å². The van der Waals surface area contributed by atoms with E-state index in [0.29, 0.717) is 29.5 Å². The second-order valence-corrected chi connectivity index (χ2v) is 9.84. The molecule has 1 aliphatic rings. The first kappa shape index (κ1) is 24.3. The van der Waals surface area contributed by atoms with Gasteiger partial charge in [0.15, 0.2) is 0 Å². The molecule has 0 saturated carbocycles. The lowest BCUT2D eigenvalue weighted by Crippen LogP contribution is -2.29. The number of benzene rings is 4. The van der Waals surface area contributed by atoms with Crippen LogP contribution in [0.3, 0.4) is 0 Å². The maximum atomic E-state index is 13.4. The van der Waals surface area contributed by atoms with Crippen molar-refractivity contribution in [2.75, 3.05) is 11.5 Å². The summed E-state index contributed by atoms with van der Waals surface area (Å²) in [7, 11) is 0. The number of Topliss-reactive ketones (excluding diaryl/α,β-unsaturated/α-hetero) is 1. The number of carbonyl (C=O) groups excluding carboxylic acids is 2. The van der Waals surface area contributed by atoms with Crippen molar-refractivity contribution in [2.24, 2.45) is 5.92 Å². The van der Waals surface area contributed by atoms with Gasteiger partial charge in [0, 0.05) is 11.3 Å². The molecule has 5 rings (SSSR count). The van der Waals surface area contributed by atoms with E-state index >= 15 is 0 Å². The Morgan fingerprint density at radius 2 is 1.62 bits per heavy atom. The second-order valence-electron chi connectivity index (χ2n) is 9.84. The zero-order valence-corrected chi connectivity index (χ0v) is 21.1. The minimum Gasteiger partial charge on any atom is -0.507 e. The predicted octanol–water partition coefficient (Wildman–Crippen LogP) is 6.81. The fraction of sp³-hybridized carbons (Fsp3) is 0.188. The molecule has 5 nitrogen and oxygen atoms in total. The molecule has 4 aromatic rings. The number of aryl methyl sites for hydroxylation is 1. The highest BCUT2D eigenvalue weighted by molar-refractivity contribution is 6.51. The summed E-state index contributed by atoms with van der Waals surface area (Å²) in [6.45, 7) is 6.69. The molecule has 1 N–H and O–H groups in total. The molecule has 1 saturated heterocycles. The van der Waals surface area contributed by atoms with Crippen LogP contribution in [0.15, 0.2) is 96.6 Å². The summed E-state index contributed by atoms with van der Waals surface area (Å²) in [5, 5.41) is 13.4. The van der Waals surface area contributed by atoms with Crippen LogP contribution in [-0.4, -0.2) is 23.4 Å². The number of anilines is 1. The van der Waals surface area contributed by atoms with E-state index in [4.69, 9.17) is 4.74 Å². The van der Waals surface area contributed by atoms with Crippen LogP contribution in [-0.2, 0) is 9.59 Å². The van der Waals surface area contributed by atoms with Gasteiger partial charge < -0.3 is 9.84 Å². The Morgan fingerprint density at radius 1 is 0.892 bits per heavy atom. The standard InChI is InChI=1S/C32H29NO4/c1-20(2)19-37-27-15-13-26(14-16-27)33-29(24-10-6-7-21(3)17-24)28(31(35)32(33)36)30(34)25-12-11-22-8-4-5-9-23(22)18-25/h4-18,20,29,34H,19H2,1-3H3/b30-28-. The van der Waals surface area contributed by atoms with Crippen molar-refractivity contribution < 1.29 is 19.4 Å². The third kappa shape index (κ3) is 4.73. The van der Waals surface area contributed by atoms with Crippen molar-refractivity contribution in [3.63, 3.8) is 0 Å². The first-order valence-corrected chi connectivity index (χ1v) is 12.4. The van der Waals surface area contributed by atoms with E-state index in [9.17, 15) is 14.7 Å². The molecule has 0 radical (unpaired) electrons. The second kappa shape index (κ2) is 9.94. The van der Waals surface area contributed by atoms with E-state index in [1.807, 2.05) is 67.6 Å². The molecule has 1 heterocycles. The lowest BCUT2D eigenvalue weighted by molar-refractivity contribution is -0.132. The fourth-order valence-electron chi connectivity index (χ4n) is 4.71. The van der Waals surface area contributed by atoms with Gasteiger partial charge in [0.25, 0.3) is 11.7 Å². The number of amides is 1. The minimum atomic E-state index is -0.770. The molecule has 1 atom stereocenters. The summed E-state index contributed by atoms with van der Waals surface area (Å²) in [4.78, 5) is 28.3. The Kier molecular flexibility index (Phi) is 6.53. The van der Waals surface area contributed by atoms with E-state index < -0.39 is 17.7 Å². The SMILES string of the molecule is Cc1cccc(C2/C(=C(/O)c3ccc4ccccc4c3)C(=O)C(=O)N2c2ccc(OCC(C)C)cc2)c1. The fourth-order valence-corrected chi connectivity index (χ4v) is 4.71.